The average molecular weight is 208 g/mol. The third-order valence-electron chi connectivity index (χ3n) is 2.16. The zero-order chi connectivity index (χ0) is 9.90. The number of alkyl halides is 1. The van der Waals surface area contributed by atoms with Crippen molar-refractivity contribution in [2.45, 2.75) is 31.2 Å². The molecule has 2 unspecified atom stereocenters. The summed E-state index contributed by atoms with van der Waals surface area (Å²) in [7, 11) is -4.54. The Morgan fingerprint density at radius 3 is 2.77 bits per heavy atom. The third-order valence-corrected chi connectivity index (χ3v) is 3.08. The van der Waals surface area contributed by atoms with E-state index in [1.54, 1.807) is 12.2 Å². The van der Waals surface area contributed by atoms with Crippen molar-refractivity contribution >= 4 is 10.1 Å². The van der Waals surface area contributed by atoms with Crippen molar-refractivity contribution in [3.63, 3.8) is 0 Å². The first-order valence-corrected chi connectivity index (χ1v) is 5.79. The van der Waals surface area contributed by atoms with Crippen LogP contribution in [0.15, 0.2) is 12.2 Å². The Labute approximate surface area is 77.4 Å². The molecule has 0 aromatic rings. The van der Waals surface area contributed by atoms with Crippen LogP contribution in [0.4, 0.5) is 4.39 Å². The first kappa shape index (κ1) is 10.7. The van der Waals surface area contributed by atoms with Gasteiger partial charge in [0.1, 0.15) is 0 Å². The highest BCUT2D eigenvalue weighted by atomic mass is 32.2. The van der Waals surface area contributed by atoms with E-state index in [0.717, 1.165) is 19.3 Å². The molecule has 0 heterocycles. The summed E-state index contributed by atoms with van der Waals surface area (Å²) in [5, 5.41) is 0. The molecule has 0 spiro atoms. The fourth-order valence-corrected chi connectivity index (χ4v) is 2.12. The van der Waals surface area contributed by atoms with Crippen LogP contribution in [-0.2, 0) is 10.1 Å². The van der Waals surface area contributed by atoms with Crippen molar-refractivity contribution in [3.8, 4) is 0 Å². The van der Waals surface area contributed by atoms with E-state index in [1.807, 2.05) is 0 Å². The molecule has 1 aliphatic carbocycles. The Morgan fingerprint density at radius 2 is 2.15 bits per heavy atom. The number of halogens is 1. The molecular formula is C8H13FO3S. The number of rotatable bonds is 2. The summed E-state index contributed by atoms with van der Waals surface area (Å²) in [5.41, 5.74) is -2.16. The molecule has 0 bridgehead atoms. The molecule has 0 aromatic heterocycles. The van der Waals surface area contributed by atoms with Gasteiger partial charge in [0.15, 0.2) is 0 Å². The molecule has 0 aliphatic heterocycles. The normalized spacial score (nSPS) is 26.8. The number of hydrogen-bond donors (Lipinski definition) is 1. The second-order valence-corrected chi connectivity index (χ2v) is 4.72. The lowest BCUT2D eigenvalue weighted by Gasteiger charge is -2.13. The minimum atomic E-state index is -4.54. The van der Waals surface area contributed by atoms with E-state index in [9.17, 15) is 12.8 Å². The van der Waals surface area contributed by atoms with Gasteiger partial charge in [0, 0.05) is 5.92 Å². The van der Waals surface area contributed by atoms with Crippen LogP contribution in [0.1, 0.15) is 25.7 Å². The monoisotopic (exact) mass is 208 g/mol. The van der Waals surface area contributed by atoms with E-state index in [4.69, 9.17) is 4.55 Å². The molecule has 1 N–H and O–H groups in total. The molecule has 5 heteroatoms. The Balaban J connectivity index is 2.70. The minimum absolute atomic E-state index is 0.484. The van der Waals surface area contributed by atoms with Gasteiger partial charge in [-0.15, -0.1) is 0 Å². The van der Waals surface area contributed by atoms with Gasteiger partial charge in [0.2, 0.25) is 5.50 Å². The van der Waals surface area contributed by atoms with E-state index in [1.165, 1.54) is 0 Å². The van der Waals surface area contributed by atoms with Crippen molar-refractivity contribution in [1.82, 2.24) is 0 Å². The lowest BCUT2D eigenvalue weighted by atomic mass is 10.1. The zero-order valence-corrected chi connectivity index (χ0v) is 8.00. The Hall–Kier alpha value is -0.420. The molecule has 0 aromatic carbocycles. The molecular weight excluding hydrogens is 195 g/mol. The van der Waals surface area contributed by atoms with E-state index >= 15 is 0 Å². The maximum absolute atomic E-state index is 13.1. The van der Waals surface area contributed by atoms with Gasteiger partial charge in [0.25, 0.3) is 10.1 Å². The lowest BCUT2D eigenvalue weighted by Crippen LogP contribution is -2.23. The second-order valence-electron chi connectivity index (χ2n) is 3.24. The molecule has 0 fully saturated rings. The summed E-state index contributed by atoms with van der Waals surface area (Å²) in [6, 6.07) is 0. The molecule has 0 amide bonds. The summed E-state index contributed by atoms with van der Waals surface area (Å²) in [4.78, 5) is 0. The first-order chi connectivity index (χ1) is 6.02. The van der Waals surface area contributed by atoms with E-state index in [-0.39, 0.29) is 0 Å². The highest BCUT2D eigenvalue weighted by molar-refractivity contribution is 7.86. The summed E-state index contributed by atoms with van der Waals surface area (Å²) >= 11 is 0. The van der Waals surface area contributed by atoms with Crippen molar-refractivity contribution in [1.29, 1.82) is 0 Å². The lowest BCUT2D eigenvalue weighted by molar-refractivity contribution is 0.306. The topological polar surface area (TPSA) is 54.4 Å². The molecule has 13 heavy (non-hydrogen) atoms. The Bertz CT molecular complexity index is 284. The van der Waals surface area contributed by atoms with Crippen molar-refractivity contribution in [3.05, 3.63) is 12.2 Å². The molecule has 76 valence electrons. The van der Waals surface area contributed by atoms with E-state index in [2.05, 4.69) is 0 Å². The Kier molecular flexibility index (Phi) is 3.44. The molecule has 0 saturated heterocycles. The highest BCUT2D eigenvalue weighted by Crippen LogP contribution is 2.24. The van der Waals surface area contributed by atoms with Crippen LogP contribution >= 0.6 is 0 Å². The highest BCUT2D eigenvalue weighted by Gasteiger charge is 2.30. The van der Waals surface area contributed by atoms with Crippen LogP contribution in [0.25, 0.3) is 0 Å². The van der Waals surface area contributed by atoms with E-state index in [0.29, 0.717) is 6.42 Å². The van der Waals surface area contributed by atoms with Gasteiger partial charge < -0.3 is 0 Å². The van der Waals surface area contributed by atoms with Gasteiger partial charge in [-0.1, -0.05) is 18.6 Å². The summed E-state index contributed by atoms with van der Waals surface area (Å²) in [6.45, 7) is 0. The largest absolute Gasteiger partial charge is 0.298 e. The van der Waals surface area contributed by atoms with Crippen LogP contribution in [-0.4, -0.2) is 18.5 Å². The van der Waals surface area contributed by atoms with Crippen molar-refractivity contribution in [2.24, 2.45) is 5.92 Å². The Morgan fingerprint density at radius 1 is 1.46 bits per heavy atom. The van der Waals surface area contributed by atoms with Gasteiger partial charge in [-0.25, -0.2) is 4.39 Å². The van der Waals surface area contributed by atoms with Crippen molar-refractivity contribution in [2.75, 3.05) is 0 Å². The fraction of sp³-hybridized carbons (Fsp3) is 0.750. The third kappa shape index (κ3) is 3.08. The predicted molar refractivity (Wildman–Crippen MR) is 47.5 cm³/mol. The van der Waals surface area contributed by atoms with Gasteiger partial charge in [-0.2, -0.15) is 8.42 Å². The maximum Gasteiger partial charge on any atom is 0.298 e. The van der Waals surface area contributed by atoms with Crippen LogP contribution in [0.2, 0.25) is 0 Å². The van der Waals surface area contributed by atoms with Crippen LogP contribution in [0.5, 0.6) is 0 Å². The van der Waals surface area contributed by atoms with Crippen molar-refractivity contribution < 1.29 is 17.4 Å². The minimum Gasteiger partial charge on any atom is -0.283 e. The van der Waals surface area contributed by atoms with Gasteiger partial charge >= 0.3 is 0 Å². The summed E-state index contributed by atoms with van der Waals surface area (Å²) in [5.74, 6) is -0.683. The quantitative estimate of drug-likeness (QED) is 0.557. The molecule has 3 nitrogen and oxygen atoms in total. The number of allylic oxidation sites excluding steroid dienone is 2. The molecule has 0 saturated carbocycles. The van der Waals surface area contributed by atoms with E-state index < -0.39 is 21.5 Å². The standard InChI is InChI=1S/C8H13FO3S/c9-8(13(10,11)12)7-5-3-1-2-4-6-7/h3,5,7-8H,1-2,4,6H2,(H,10,11,12). The van der Waals surface area contributed by atoms with Crippen LogP contribution in [0, 0.1) is 5.92 Å². The number of hydrogen-bond acceptors (Lipinski definition) is 2. The second kappa shape index (κ2) is 4.19. The first-order valence-electron chi connectivity index (χ1n) is 4.29. The van der Waals surface area contributed by atoms with Crippen LogP contribution < -0.4 is 0 Å². The molecule has 2 atom stereocenters. The molecule has 1 rings (SSSR count). The smallest absolute Gasteiger partial charge is 0.283 e. The zero-order valence-electron chi connectivity index (χ0n) is 7.19. The molecule has 0 radical (unpaired) electrons. The van der Waals surface area contributed by atoms with Crippen LogP contribution in [0.3, 0.4) is 0 Å². The fourth-order valence-electron chi connectivity index (χ4n) is 1.45. The van der Waals surface area contributed by atoms with Gasteiger partial charge in [-0.3, -0.25) is 4.55 Å². The molecule has 1 aliphatic rings. The predicted octanol–water partition coefficient (Wildman–Crippen LogP) is 1.92. The average Bonchev–Trinajstić information content (AvgIpc) is 2.28. The maximum atomic E-state index is 13.1. The van der Waals surface area contributed by atoms with Gasteiger partial charge in [-0.05, 0) is 19.3 Å². The summed E-state index contributed by atoms with van der Waals surface area (Å²) < 4.78 is 42.6. The SMILES string of the molecule is O=S(=O)(O)C(F)C1C=CCCCC1. The summed E-state index contributed by atoms with van der Waals surface area (Å²) in [6.07, 6.45) is 6.41. The van der Waals surface area contributed by atoms with Gasteiger partial charge in [0.05, 0.1) is 0 Å².